The first kappa shape index (κ1) is 14.0. The minimum Gasteiger partial charge on any atom is -0.507 e. The fraction of sp³-hybridized carbons (Fsp3) is 0. The third-order valence-electron chi connectivity index (χ3n) is 3.54. The van der Waals surface area contributed by atoms with Gasteiger partial charge in [0.15, 0.2) is 6.29 Å². The Hall–Kier alpha value is -2.94. The molecule has 0 heterocycles. The van der Waals surface area contributed by atoms with E-state index in [0.29, 0.717) is 23.0 Å². The third kappa shape index (κ3) is 2.61. The van der Waals surface area contributed by atoms with Gasteiger partial charge in [-0.1, -0.05) is 48.5 Å². The summed E-state index contributed by atoms with van der Waals surface area (Å²) in [7, 11) is 0. The maximum Gasteiger partial charge on any atom is 0.153 e. The highest BCUT2D eigenvalue weighted by Crippen LogP contribution is 2.29. The van der Waals surface area contributed by atoms with Crippen LogP contribution in [0.2, 0.25) is 0 Å². The van der Waals surface area contributed by atoms with Crippen LogP contribution >= 0.6 is 0 Å². The molecule has 0 atom stereocenters. The van der Waals surface area contributed by atoms with Gasteiger partial charge in [0, 0.05) is 5.56 Å². The zero-order valence-corrected chi connectivity index (χ0v) is 11.7. The van der Waals surface area contributed by atoms with E-state index in [1.807, 2.05) is 30.3 Å². The molecule has 0 aromatic heterocycles. The highest BCUT2D eigenvalue weighted by Gasteiger charge is 2.09. The molecule has 3 aromatic carbocycles. The van der Waals surface area contributed by atoms with E-state index in [4.69, 9.17) is 0 Å². The van der Waals surface area contributed by atoms with Crippen molar-refractivity contribution in [2.24, 2.45) is 0 Å². The number of hydrogen-bond donors (Lipinski definition) is 1. The van der Waals surface area contributed by atoms with Crippen LogP contribution in [0.1, 0.15) is 10.4 Å². The minimum absolute atomic E-state index is 0.0832. The molecule has 3 heteroatoms. The van der Waals surface area contributed by atoms with Crippen LogP contribution in [0.25, 0.3) is 22.3 Å². The Morgan fingerprint density at radius 3 is 2.18 bits per heavy atom. The van der Waals surface area contributed by atoms with Crippen LogP contribution in [0, 0.1) is 5.82 Å². The number of hydrogen-bond acceptors (Lipinski definition) is 2. The van der Waals surface area contributed by atoms with Crippen LogP contribution in [0.3, 0.4) is 0 Å². The van der Waals surface area contributed by atoms with Gasteiger partial charge in [-0.05, 0) is 34.9 Å². The zero-order chi connectivity index (χ0) is 15.5. The van der Waals surface area contributed by atoms with E-state index in [0.717, 1.165) is 5.56 Å². The molecule has 3 aromatic rings. The summed E-state index contributed by atoms with van der Waals surface area (Å²) in [6.07, 6.45) is 0.577. The topological polar surface area (TPSA) is 37.3 Å². The second kappa shape index (κ2) is 5.82. The molecule has 2 nitrogen and oxygen atoms in total. The summed E-state index contributed by atoms with van der Waals surface area (Å²) in [5.74, 6) is -0.412. The molecule has 0 fully saturated rings. The number of halogens is 1. The Balaban J connectivity index is 2.04. The first-order chi connectivity index (χ1) is 10.7. The van der Waals surface area contributed by atoms with Gasteiger partial charge in [0.2, 0.25) is 0 Å². The van der Waals surface area contributed by atoms with Gasteiger partial charge in [-0.3, -0.25) is 4.79 Å². The molecule has 108 valence electrons. The normalized spacial score (nSPS) is 10.4. The molecule has 1 N–H and O–H groups in total. The number of phenols is 1. The largest absolute Gasteiger partial charge is 0.507 e. The van der Waals surface area contributed by atoms with Gasteiger partial charge in [0.05, 0.1) is 5.56 Å². The molecule has 0 aliphatic rings. The first-order valence-electron chi connectivity index (χ1n) is 6.82. The number of aromatic hydroxyl groups is 1. The molecule has 22 heavy (non-hydrogen) atoms. The number of aldehydes is 1. The second-order valence-corrected chi connectivity index (χ2v) is 4.95. The second-order valence-electron chi connectivity index (χ2n) is 4.95. The van der Waals surface area contributed by atoms with Gasteiger partial charge < -0.3 is 5.11 Å². The summed E-state index contributed by atoms with van der Waals surface area (Å²) < 4.78 is 14.4. The number of benzene rings is 3. The van der Waals surface area contributed by atoms with Crippen LogP contribution in [-0.2, 0) is 0 Å². The van der Waals surface area contributed by atoms with Gasteiger partial charge in [-0.2, -0.15) is 0 Å². The molecular weight excluding hydrogens is 279 g/mol. The Kier molecular flexibility index (Phi) is 3.71. The Morgan fingerprint density at radius 2 is 1.50 bits per heavy atom. The van der Waals surface area contributed by atoms with Gasteiger partial charge in [-0.25, -0.2) is 4.39 Å². The minimum atomic E-state index is -0.329. The van der Waals surface area contributed by atoms with E-state index in [1.54, 1.807) is 24.3 Å². The first-order valence-corrected chi connectivity index (χ1v) is 6.82. The molecule has 0 radical (unpaired) electrons. The average Bonchev–Trinajstić information content (AvgIpc) is 2.56. The van der Waals surface area contributed by atoms with E-state index >= 15 is 0 Å². The van der Waals surface area contributed by atoms with Crippen LogP contribution < -0.4 is 0 Å². The van der Waals surface area contributed by atoms with Crippen LogP contribution in [0.5, 0.6) is 5.75 Å². The summed E-state index contributed by atoms with van der Waals surface area (Å²) in [6, 6.07) is 18.9. The molecule has 0 bridgehead atoms. The van der Waals surface area contributed by atoms with Gasteiger partial charge in [-0.15, -0.1) is 0 Å². The SMILES string of the molecule is O=Cc1cc(-c2ccc(-c3ccccc3)c(F)c2)ccc1O. The van der Waals surface area contributed by atoms with E-state index < -0.39 is 0 Å². The zero-order valence-electron chi connectivity index (χ0n) is 11.7. The van der Waals surface area contributed by atoms with E-state index in [1.165, 1.54) is 12.1 Å². The number of carbonyl (C=O) groups excluding carboxylic acids is 1. The number of phenolic OH excluding ortho intramolecular Hbond substituents is 1. The maximum absolute atomic E-state index is 14.4. The van der Waals surface area contributed by atoms with E-state index in [2.05, 4.69) is 0 Å². The van der Waals surface area contributed by atoms with Gasteiger partial charge >= 0.3 is 0 Å². The molecule has 0 amide bonds. The van der Waals surface area contributed by atoms with E-state index in [-0.39, 0.29) is 17.1 Å². The van der Waals surface area contributed by atoms with Crippen molar-refractivity contribution in [3.63, 3.8) is 0 Å². The number of carbonyl (C=O) groups is 1. The fourth-order valence-electron chi connectivity index (χ4n) is 2.37. The van der Waals surface area contributed by atoms with Crippen molar-refractivity contribution >= 4 is 6.29 Å². The Bertz CT molecular complexity index is 826. The van der Waals surface area contributed by atoms with Crippen molar-refractivity contribution in [2.45, 2.75) is 0 Å². The van der Waals surface area contributed by atoms with Crippen LogP contribution in [0.15, 0.2) is 66.7 Å². The van der Waals surface area contributed by atoms with Crippen molar-refractivity contribution in [1.29, 1.82) is 0 Å². The van der Waals surface area contributed by atoms with E-state index in [9.17, 15) is 14.3 Å². The standard InChI is InChI=1S/C19H13FO2/c20-18-11-15(14-7-9-19(22)16(10-14)12-21)6-8-17(18)13-4-2-1-3-5-13/h1-12,22H. The Labute approximate surface area is 127 Å². The lowest BCUT2D eigenvalue weighted by molar-refractivity contribution is 0.112. The highest BCUT2D eigenvalue weighted by atomic mass is 19.1. The smallest absolute Gasteiger partial charge is 0.153 e. The molecular formula is C19H13FO2. The molecule has 3 rings (SSSR count). The molecule has 0 aliphatic heterocycles. The van der Waals surface area contributed by atoms with Crippen molar-refractivity contribution in [3.05, 3.63) is 78.1 Å². The van der Waals surface area contributed by atoms with Crippen LogP contribution in [0.4, 0.5) is 4.39 Å². The molecule has 0 spiro atoms. The van der Waals surface area contributed by atoms with Gasteiger partial charge in [0.25, 0.3) is 0 Å². The highest BCUT2D eigenvalue weighted by molar-refractivity contribution is 5.83. The molecule has 0 saturated carbocycles. The molecule has 0 saturated heterocycles. The quantitative estimate of drug-likeness (QED) is 0.712. The van der Waals surface area contributed by atoms with Crippen molar-refractivity contribution < 1.29 is 14.3 Å². The average molecular weight is 292 g/mol. The molecule has 0 unspecified atom stereocenters. The summed E-state index contributed by atoms with van der Waals surface area (Å²) in [6.45, 7) is 0. The Morgan fingerprint density at radius 1 is 0.818 bits per heavy atom. The number of rotatable bonds is 3. The lowest BCUT2D eigenvalue weighted by Gasteiger charge is -2.08. The fourth-order valence-corrected chi connectivity index (χ4v) is 2.37. The molecule has 0 aliphatic carbocycles. The monoisotopic (exact) mass is 292 g/mol. The summed E-state index contributed by atoms with van der Waals surface area (Å²) >= 11 is 0. The predicted molar refractivity (Wildman–Crippen MR) is 84.3 cm³/mol. The third-order valence-corrected chi connectivity index (χ3v) is 3.54. The maximum atomic E-state index is 14.4. The van der Waals surface area contributed by atoms with Gasteiger partial charge in [0.1, 0.15) is 11.6 Å². The predicted octanol–water partition coefficient (Wildman–Crippen LogP) is 4.68. The summed E-state index contributed by atoms with van der Waals surface area (Å²) in [4.78, 5) is 10.9. The summed E-state index contributed by atoms with van der Waals surface area (Å²) in [5, 5.41) is 9.52. The van der Waals surface area contributed by atoms with Crippen molar-refractivity contribution in [1.82, 2.24) is 0 Å². The van der Waals surface area contributed by atoms with Crippen molar-refractivity contribution in [3.8, 4) is 28.0 Å². The van der Waals surface area contributed by atoms with Crippen molar-refractivity contribution in [2.75, 3.05) is 0 Å². The lowest BCUT2D eigenvalue weighted by Crippen LogP contribution is -1.88. The summed E-state index contributed by atoms with van der Waals surface area (Å²) in [5.41, 5.74) is 2.85. The van der Waals surface area contributed by atoms with Crippen LogP contribution in [-0.4, -0.2) is 11.4 Å². The lowest BCUT2D eigenvalue weighted by atomic mass is 9.98.